The number of hydrogen-bond acceptors (Lipinski definition) is 1. The standard InChI is InChI=1S/C59H49N/c1-59(2)53-35-11-8-30-52(53)58-51(34-18-36-54(58)59)49-29-10-13-38-56(49)60(44-26-14-25-43(39-44)46-31-15-22-40-21-6-7-27-45(40)46)55-37-12-9-28-48(55)50-33-17-24-42-23-16-32-47(57(42)50)41-19-4-3-5-20-41/h6-18,21-39,41H,3-5,19-20H2,1-2H3. The van der Waals surface area contributed by atoms with Crippen molar-refractivity contribution in [2.75, 3.05) is 4.90 Å². The van der Waals surface area contributed by atoms with Gasteiger partial charge < -0.3 is 4.90 Å². The largest absolute Gasteiger partial charge is 0.309 e. The number of anilines is 3. The highest BCUT2D eigenvalue weighted by molar-refractivity contribution is 6.06. The van der Waals surface area contributed by atoms with Gasteiger partial charge in [0.2, 0.25) is 0 Å². The molecule has 9 aromatic carbocycles. The van der Waals surface area contributed by atoms with Crippen LogP contribution in [-0.2, 0) is 5.41 Å². The molecule has 0 radical (unpaired) electrons. The van der Waals surface area contributed by atoms with Gasteiger partial charge >= 0.3 is 0 Å². The van der Waals surface area contributed by atoms with Crippen LogP contribution in [-0.4, -0.2) is 0 Å². The van der Waals surface area contributed by atoms with Crippen LogP contribution >= 0.6 is 0 Å². The Morgan fingerprint density at radius 3 is 1.78 bits per heavy atom. The highest BCUT2D eigenvalue weighted by atomic mass is 15.1. The summed E-state index contributed by atoms with van der Waals surface area (Å²) in [5.74, 6) is 0.581. The highest BCUT2D eigenvalue weighted by Gasteiger charge is 2.37. The summed E-state index contributed by atoms with van der Waals surface area (Å²) in [6.07, 6.45) is 6.48. The number of nitrogens with zero attached hydrogens (tertiary/aromatic N) is 1. The Kier molecular flexibility index (Phi) is 9.00. The molecule has 1 heteroatoms. The van der Waals surface area contributed by atoms with Crippen LogP contribution in [0.15, 0.2) is 194 Å². The molecule has 1 nitrogen and oxygen atoms in total. The zero-order valence-electron chi connectivity index (χ0n) is 34.5. The van der Waals surface area contributed by atoms with Crippen LogP contribution in [0.4, 0.5) is 17.1 Å². The maximum atomic E-state index is 2.55. The monoisotopic (exact) mass is 771 g/mol. The lowest BCUT2D eigenvalue weighted by Crippen LogP contribution is -2.15. The first-order valence-corrected chi connectivity index (χ1v) is 21.9. The molecule has 1 saturated carbocycles. The van der Waals surface area contributed by atoms with Gasteiger partial charge in [-0.05, 0) is 115 Å². The average molecular weight is 772 g/mol. The van der Waals surface area contributed by atoms with Crippen LogP contribution < -0.4 is 4.90 Å². The lowest BCUT2D eigenvalue weighted by atomic mass is 9.80. The van der Waals surface area contributed by atoms with E-state index in [9.17, 15) is 0 Å². The number of fused-ring (bicyclic) bond motifs is 5. The van der Waals surface area contributed by atoms with Gasteiger partial charge in [-0.2, -0.15) is 0 Å². The lowest BCUT2D eigenvalue weighted by Gasteiger charge is -2.31. The van der Waals surface area contributed by atoms with Crippen LogP contribution in [0.1, 0.15) is 68.6 Å². The summed E-state index contributed by atoms with van der Waals surface area (Å²) in [4.78, 5) is 2.55. The molecule has 290 valence electrons. The minimum atomic E-state index is -0.0969. The maximum absolute atomic E-state index is 2.55. The van der Waals surface area contributed by atoms with Crippen molar-refractivity contribution in [2.24, 2.45) is 0 Å². The third-order valence-corrected chi connectivity index (χ3v) is 13.7. The molecule has 0 atom stereocenters. The summed E-state index contributed by atoms with van der Waals surface area (Å²) < 4.78 is 0. The van der Waals surface area contributed by atoms with E-state index in [0.717, 1.165) is 11.4 Å². The van der Waals surface area contributed by atoms with Crippen molar-refractivity contribution in [2.45, 2.75) is 57.3 Å². The molecule has 1 fully saturated rings. The molecule has 0 spiro atoms. The second-order valence-electron chi connectivity index (χ2n) is 17.4. The van der Waals surface area contributed by atoms with Crippen LogP contribution in [0.5, 0.6) is 0 Å². The Balaban J connectivity index is 1.18. The van der Waals surface area contributed by atoms with Crippen molar-refractivity contribution >= 4 is 38.6 Å². The van der Waals surface area contributed by atoms with Gasteiger partial charge in [0.25, 0.3) is 0 Å². The number of para-hydroxylation sites is 2. The molecule has 0 N–H and O–H groups in total. The van der Waals surface area contributed by atoms with Crippen molar-refractivity contribution in [3.63, 3.8) is 0 Å². The molecule has 9 aromatic rings. The maximum Gasteiger partial charge on any atom is 0.0540 e. The molecular weight excluding hydrogens is 723 g/mol. The Morgan fingerprint density at radius 1 is 0.433 bits per heavy atom. The summed E-state index contributed by atoms with van der Waals surface area (Å²) in [5, 5.41) is 5.23. The van der Waals surface area contributed by atoms with Crippen molar-refractivity contribution in [3.8, 4) is 44.5 Å². The van der Waals surface area contributed by atoms with E-state index in [0.29, 0.717) is 5.92 Å². The van der Waals surface area contributed by atoms with E-state index in [-0.39, 0.29) is 5.41 Å². The molecule has 0 saturated heterocycles. The predicted molar refractivity (Wildman–Crippen MR) is 256 cm³/mol. The smallest absolute Gasteiger partial charge is 0.0540 e. The molecule has 0 amide bonds. The van der Waals surface area contributed by atoms with Gasteiger partial charge in [-0.1, -0.05) is 203 Å². The molecule has 2 aliphatic rings. The molecular formula is C59H49N. The SMILES string of the molecule is CC1(C)c2ccccc2-c2c(-c3ccccc3N(c3cccc(-c4cccc5ccccc45)c3)c3ccccc3-c3cccc4cccc(C5CCCCC5)c34)cccc21. The molecule has 0 bridgehead atoms. The van der Waals surface area contributed by atoms with E-state index in [1.165, 1.54) is 121 Å². The first-order valence-electron chi connectivity index (χ1n) is 21.9. The number of rotatable bonds is 7. The molecule has 0 aliphatic heterocycles. The zero-order chi connectivity index (χ0) is 40.2. The normalized spacial score (nSPS) is 14.6. The Hall–Kier alpha value is -6.70. The van der Waals surface area contributed by atoms with Crippen molar-refractivity contribution in [1.29, 1.82) is 0 Å². The Morgan fingerprint density at radius 2 is 0.983 bits per heavy atom. The topological polar surface area (TPSA) is 3.24 Å². The fourth-order valence-corrected chi connectivity index (χ4v) is 10.8. The van der Waals surface area contributed by atoms with Gasteiger partial charge in [0.1, 0.15) is 0 Å². The molecule has 0 aromatic heterocycles. The van der Waals surface area contributed by atoms with E-state index in [1.807, 2.05) is 0 Å². The summed E-state index contributed by atoms with van der Waals surface area (Å²) >= 11 is 0. The van der Waals surface area contributed by atoms with Crippen molar-refractivity contribution in [1.82, 2.24) is 0 Å². The van der Waals surface area contributed by atoms with E-state index in [1.54, 1.807) is 0 Å². The second kappa shape index (κ2) is 14.8. The molecule has 11 rings (SSSR count). The van der Waals surface area contributed by atoms with Crippen LogP contribution in [0, 0.1) is 0 Å². The molecule has 60 heavy (non-hydrogen) atoms. The summed E-state index contributed by atoms with van der Waals surface area (Å²) in [7, 11) is 0. The van der Waals surface area contributed by atoms with Crippen molar-refractivity contribution in [3.05, 3.63) is 211 Å². The molecule has 0 unspecified atom stereocenters. The first-order chi connectivity index (χ1) is 29.6. The van der Waals surface area contributed by atoms with Gasteiger partial charge in [0.05, 0.1) is 11.4 Å². The third kappa shape index (κ3) is 5.98. The van der Waals surface area contributed by atoms with Gasteiger partial charge in [-0.25, -0.2) is 0 Å². The Labute approximate surface area is 354 Å². The minimum absolute atomic E-state index is 0.0969. The van der Waals surface area contributed by atoms with Gasteiger partial charge in [-0.15, -0.1) is 0 Å². The number of hydrogen-bond donors (Lipinski definition) is 0. The van der Waals surface area contributed by atoms with Crippen LogP contribution in [0.3, 0.4) is 0 Å². The van der Waals surface area contributed by atoms with E-state index < -0.39 is 0 Å². The van der Waals surface area contributed by atoms with E-state index in [4.69, 9.17) is 0 Å². The Bertz CT molecular complexity index is 3060. The van der Waals surface area contributed by atoms with Crippen LogP contribution in [0.2, 0.25) is 0 Å². The zero-order valence-corrected chi connectivity index (χ0v) is 34.5. The first kappa shape index (κ1) is 36.4. The number of benzene rings is 9. The lowest BCUT2D eigenvalue weighted by molar-refractivity contribution is 0.445. The molecule has 2 aliphatic carbocycles. The van der Waals surface area contributed by atoms with Crippen molar-refractivity contribution < 1.29 is 0 Å². The second-order valence-corrected chi connectivity index (χ2v) is 17.4. The predicted octanol–water partition coefficient (Wildman–Crippen LogP) is 16.8. The van der Waals surface area contributed by atoms with Gasteiger partial charge in [0.15, 0.2) is 0 Å². The fraction of sp³-hybridized carbons (Fsp3) is 0.153. The third-order valence-electron chi connectivity index (χ3n) is 13.7. The summed E-state index contributed by atoms with van der Waals surface area (Å²) in [6, 6.07) is 72.7. The summed E-state index contributed by atoms with van der Waals surface area (Å²) in [6.45, 7) is 4.75. The quantitative estimate of drug-likeness (QED) is 0.156. The average Bonchev–Trinajstić information content (AvgIpc) is 3.55. The van der Waals surface area contributed by atoms with Gasteiger partial charge in [0, 0.05) is 22.2 Å². The van der Waals surface area contributed by atoms with E-state index in [2.05, 4.69) is 213 Å². The van der Waals surface area contributed by atoms with E-state index >= 15 is 0 Å². The van der Waals surface area contributed by atoms with Crippen LogP contribution in [0.25, 0.3) is 66.1 Å². The summed E-state index contributed by atoms with van der Waals surface area (Å²) in [5.41, 5.74) is 17.8. The highest BCUT2D eigenvalue weighted by Crippen LogP contribution is 2.54. The molecule has 0 heterocycles. The minimum Gasteiger partial charge on any atom is -0.309 e. The fourth-order valence-electron chi connectivity index (χ4n) is 10.8. The van der Waals surface area contributed by atoms with Gasteiger partial charge in [-0.3, -0.25) is 0 Å².